The standard InChI is InChI=1S/C52H41N/c1-52(2,3)39-29-33-42(34-30-39)53(40-21-11-6-12-22-40)41-31-27-37(28-32-41)48-35-47(36-17-7-4-8-18-36)49(38-19-9-5-10-20-38)51-46-26-16-14-24-44(46)43-23-13-15-25-45(43)50(48)51/h4-35H,1-3H3. The molecule has 1 nitrogen and oxygen atoms in total. The van der Waals surface area contributed by atoms with Gasteiger partial charge in [-0.15, -0.1) is 0 Å². The Bertz CT molecular complexity index is 2700. The van der Waals surface area contributed by atoms with E-state index in [1.807, 2.05) is 0 Å². The van der Waals surface area contributed by atoms with Gasteiger partial charge in [-0.05, 0) is 119 Å². The van der Waals surface area contributed by atoms with Crippen molar-refractivity contribution in [1.82, 2.24) is 0 Å². The Kier molecular flexibility index (Phi) is 8.13. The van der Waals surface area contributed by atoms with Crippen molar-refractivity contribution in [3.05, 3.63) is 200 Å². The van der Waals surface area contributed by atoms with E-state index in [0.717, 1.165) is 17.1 Å². The summed E-state index contributed by atoms with van der Waals surface area (Å²) in [5.41, 5.74) is 12.1. The van der Waals surface area contributed by atoms with Crippen LogP contribution >= 0.6 is 0 Å². The fourth-order valence-electron chi connectivity index (χ4n) is 8.01. The molecule has 9 aromatic carbocycles. The molecule has 0 atom stereocenters. The van der Waals surface area contributed by atoms with Crippen LogP contribution in [0, 0.1) is 0 Å². The van der Waals surface area contributed by atoms with Gasteiger partial charge in [-0.1, -0.05) is 172 Å². The minimum atomic E-state index is 0.0880. The van der Waals surface area contributed by atoms with Crippen molar-refractivity contribution in [2.45, 2.75) is 26.2 Å². The van der Waals surface area contributed by atoms with Gasteiger partial charge in [-0.2, -0.15) is 0 Å². The molecule has 0 saturated heterocycles. The molecule has 0 amide bonds. The van der Waals surface area contributed by atoms with Gasteiger partial charge in [0.05, 0.1) is 0 Å². The van der Waals surface area contributed by atoms with Crippen LogP contribution in [-0.2, 0) is 5.41 Å². The normalized spacial score (nSPS) is 11.7. The van der Waals surface area contributed by atoms with Gasteiger partial charge in [0, 0.05) is 17.1 Å². The van der Waals surface area contributed by atoms with Crippen LogP contribution < -0.4 is 4.90 Å². The van der Waals surface area contributed by atoms with Crippen molar-refractivity contribution in [3.8, 4) is 33.4 Å². The highest BCUT2D eigenvalue weighted by Gasteiger charge is 2.22. The fraction of sp³-hybridized carbons (Fsp3) is 0.0769. The summed E-state index contributed by atoms with van der Waals surface area (Å²) in [6.45, 7) is 6.79. The zero-order valence-electron chi connectivity index (χ0n) is 30.4. The Hall–Kier alpha value is -6.44. The maximum atomic E-state index is 2.44. The molecular weight excluding hydrogens is 639 g/mol. The first-order chi connectivity index (χ1) is 26.0. The second kappa shape index (κ2) is 13.3. The van der Waals surface area contributed by atoms with Gasteiger partial charge in [0.25, 0.3) is 0 Å². The second-order valence-electron chi connectivity index (χ2n) is 14.9. The van der Waals surface area contributed by atoms with Gasteiger partial charge < -0.3 is 4.90 Å². The van der Waals surface area contributed by atoms with E-state index in [0.29, 0.717) is 0 Å². The average molecular weight is 680 g/mol. The summed E-state index contributed by atoms with van der Waals surface area (Å²) >= 11 is 0. The first-order valence-electron chi connectivity index (χ1n) is 18.5. The van der Waals surface area contributed by atoms with Crippen LogP contribution in [0.15, 0.2) is 194 Å². The summed E-state index contributed by atoms with van der Waals surface area (Å²) in [7, 11) is 0. The molecule has 0 bridgehead atoms. The Balaban J connectivity index is 1.32. The van der Waals surface area contributed by atoms with Crippen LogP contribution in [0.25, 0.3) is 65.7 Å². The topological polar surface area (TPSA) is 3.24 Å². The zero-order valence-corrected chi connectivity index (χ0v) is 30.4. The number of benzene rings is 9. The first kappa shape index (κ1) is 32.5. The second-order valence-corrected chi connectivity index (χ2v) is 14.9. The summed E-state index contributed by atoms with van der Waals surface area (Å²) in [5.74, 6) is 0. The highest BCUT2D eigenvalue weighted by Crippen LogP contribution is 2.49. The van der Waals surface area contributed by atoms with Gasteiger partial charge in [-0.25, -0.2) is 0 Å². The van der Waals surface area contributed by atoms with Crippen LogP contribution in [0.5, 0.6) is 0 Å². The molecule has 0 spiro atoms. The minimum absolute atomic E-state index is 0.0880. The first-order valence-corrected chi connectivity index (χ1v) is 18.5. The summed E-state index contributed by atoms with van der Waals surface area (Å²) in [4.78, 5) is 2.35. The highest BCUT2D eigenvalue weighted by atomic mass is 15.1. The molecule has 0 radical (unpaired) electrons. The van der Waals surface area contributed by atoms with Crippen molar-refractivity contribution in [2.24, 2.45) is 0 Å². The molecule has 0 aliphatic heterocycles. The number of nitrogens with zero attached hydrogens (tertiary/aromatic N) is 1. The molecule has 0 fully saturated rings. The fourth-order valence-corrected chi connectivity index (χ4v) is 8.01. The van der Waals surface area contributed by atoms with Crippen molar-refractivity contribution in [3.63, 3.8) is 0 Å². The molecular formula is C52H41N. The molecule has 1 heteroatoms. The van der Waals surface area contributed by atoms with Crippen LogP contribution in [0.1, 0.15) is 26.3 Å². The number of para-hydroxylation sites is 1. The third-order valence-corrected chi connectivity index (χ3v) is 10.6. The number of hydrogen-bond donors (Lipinski definition) is 0. The van der Waals surface area contributed by atoms with Crippen LogP contribution in [0.2, 0.25) is 0 Å². The van der Waals surface area contributed by atoms with E-state index in [-0.39, 0.29) is 5.41 Å². The highest BCUT2D eigenvalue weighted by molar-refractivity contribution is 6.32. The lowest BCUT2D eigenvalue weighted by Crippen LogP contribution is -2.13. The molecule has 53 heavy (non-hydrogen) atoms. The zero-order chi connectivity index (χ0) is 35.9. The van der Waals surface area contributed by atoms with E-state index in [4.69, 9.17) is 0 Å². The lowest BCUT2D eigenvalue weighted by Gasteiger charge is -2.27. The van der Waals surface area contributed by atoms with E-state index >= 15 is 0 Å². The van der Waals surface area contributed by atoms with Gasteiger partial charge >= 0.3 is 0 Å². The average Bonchev–Trinajstić information content (AvgIpc) is 3.21. The molecule has 9 rings (SSSR count). The molecule has 254 valence electrons. The van der Waals surface area contributed by atoms with Crippen LogP contribution in [0.3, 0.4) is 0 Å². The molecule has 0 aliphatic rings. The van der Waals surface area contributed by atoms with Gasteiger partial charge in [0.2, 0.25) is 0 Å². The number of anilines is 3. The molecule has 0 aromatic heterocycles. The summed E-state index contributed by atoms with van der Waals surface area (Å²) in [5, 5.41) is 7.65. The lowest BCUT2D eigenvalue weighted by molar-refractivity contribution is 0.590. The van der Waals surface area contributed by atoms with E-state index in [2.05, 4.69) is 220 Å². The third-order valence-electron chi connectivity index (χ3n) is 10.6. The maximum absolute atomic E-state index is 2.44. The van der Waals surface area contributed by atoms with Crippen molar-refractivity contribution >= 4 is 49.4 Å². The Morgan fingerprint density at radius 3 is 1.30 bits per heavy atom. The summed E-state index contributed by atoms with van der Waals surface area (Å²) < 4.78 is 0. The molecule has 0 unspecified atom stereocenters. The molecule has 0 N–H and O–H groups in total. The monoisotopic (exact) mass is 679 g/mol. The quantitative estimate of drug-likeness (QED) is 0.158. The summed E-state index contributed by atoms with van der Waals surface area (Å²) in [6.07, 6.45) is 0. The predicted octanol–water partition coefficient (Wildman–Crippen LogP) is 14.9. The smallest absolute Gasteiger partial charge is 0.0462 e. The van der Waals surface area contributed by atoms with Crippen LogP contribution in [-0.4, -0.2) is 0 Å². The maximum Gasteiger partial charge on any atom is 0.0462 e. The van der Waals surface area contributed by atoms with E-state index in [1.54, 1.807) is 0 Å². The van der Waals surface area contributed by atoms with Crippen molar-refractivity contribution in [2.75, 3.05) is 4.90 Å². The molecule has 9 aromatic rings. The van der Waals surface area contributed by atoms with Crippen molar-refractivity contribution < 1.29 is 0 Å². The number of hydrogen-bond acceptors (Lipinski definition) is 1. The third kappa shape index (κ3) is 5.85. The summed E-state index contributed by atoms with van der Waals surface area (Å²) in [6, 6.07) is 71.0. The van der Waals surface area contributed by atoms with E-state index in [9.17, 15) is 0 Å². The molecule has 0 aliphatic carbocycles. The lowest BCUT2D eigenvalue weighted by atomic mass is 9.81. The van der Waals surface area contributed by atoms with Gasteiger partial charge in [-0.3, -0.25) is 0 Å². The van der Waals surface area contributed by atoms with E-state index < -0.39 is 0 Å². The minimum Gasteiger partial charge on any atom is -0.311 e. The largest absolute Gasteiger partial charge is 0.311 e. The Labute approximate surface area is 312 Å². The van der Waals surface area contributed by atoms with Gasteiger partial charge in [0.1, 0.15) is 0 Å². The Morgan fingerprint density at radius 1 is 0.340 bits per heavy atom. The van der Waals surface area contributed by atoms with Crippen LogP contribution in [0.4, 0.5) is 17.1 Å². The Morgan fingerprint density at radius 2 is 0.755 bits per heavy atom. The SMILES string of the molecule is CC(C)(C)c1ccc(N(c2ccccc2)c2ccc(-c3cc(-c4ccccc4)c(-c4ccccc4)c4c5ccccc5c5ccccc5c34)cc2)cc1. The number of rotatable bonds is 6. The molecule has 0 saturated carbocycles. The van der Waals surface area contributed by atoms with Gasteiger partial charge in [0.15, 0.2) is 0 Å². The van der Waals surface area contributed by atoms with E-state index in [1.165, 1.54) is 71.3 Å². The van der Waals surface area contributed by atoms with Crippen molar-refractivity contribution in [1.29, 1.82) is 0 Å². The molecule has 0 heterocycles. The number of fused-ring (bicyclic) bond motifs is 6. The predicted molar refractivity (Wildman–Crippen MR) is 229 cm³/mol.